The summed E-state index contributed by atoms with van der Waals surface area (Å²) in [5, 5.41) is 0. The van der Waals surface area contributed by atoms with Gasteiger partial charge in [0, 0.05) is 43.9 Å². The van der Waals surface area contributed by atoms with Crippen molar-refractivity contribution < 1.29 is 4.79 Å². The molecule has 2 aliphatic rings. The van der Waals surface area contributed by atoms with Crippen molar-refractivity contribution in [2.75, 3.05) is 13.1 Å². The van der Waals surface area contributed by atoms with E-state index in [1.807, 2.05) is 6.20 Å². The zero-order valence-electron chi connectivity index (χ0n) is 13.1. The van der Waals surface area contributed by atoms with Crippen LogP contribution in [-0.2, 0) is 11.3 Å². The second-order valence-corrected chi connectivity index (χ2v) is 6.59. The van der Waals surface area contributed by atoms with Gasteiger partial charge in [-0.05, 0) is 39.2 Å². The van der Waals surface area contributed by atoms with E-state index in [0.717, 1.165) is 44.7 Å². The van der Waals surface area contributed by atoms with E-state index < -0.39 is 0 Å². The predicted molar refractivity (Wildman–Crippen MR) is 83.1 cm³/mol. The van der Waals surface area contributed by atoms with E-state index in [-0.39, 0.29) is 0 Å². The lowest BCUT2D eigenvalue weighted by Crippen LogP contribution is -2.48. The Hall–Kier alpha value is -1.16. The molecule has 1 saturated carbocycles. The number of Topliss-reactive ketones (excluding diaryl/α,β-unsaturated/α-hetero) is 1. The molecule has 0 aromatic carbocycles. The van der Waals surface area contributed by atoms with Gasteiger partial charge in [-0.2, -0.15) is 0 Å². The number of piperidine rings is 1. The Morgan fingerprint density at radius 2 is 2.05 bits per heavy atom. The van der Waals surface area contributed by atoms with Crippen molar-refractivity contribution in [1.29, 1.82) is 0 Å². The molecule has 2 heterocycles. The molecule has 2 unspecified atom stereocenters. The van der Waals surface area contributed by atoms with Crippen LogP contribution in [0.15, 0.2) is 12.4 Å². The molecule has 0 radical (unpaired) electrons. The van der Waals surface area contributed by atoms with Gasteiger partial charge >= 0.3 is 0 Å². The van der Waals surface area contributed by atoms with Gasteiger partial charge in [-0.15, -0.1) is 0 Å². The van der Waals surface area contributed by atoms with Crippen LogP contribution in [0.2, 0.25) is 0 Å². The number of carbonyl (C=O) groups excluding carboxylic acids is 1. The molecule has 1 aliphatic heterocycles. The molecule has 1 aromatic heterocycles. The average molecular weight is 289 g/mol. The Bertz CT molecular complexity index is 482. The highest BCUT2D eigenvalue weighted by Gasteiger charge is 2.35. The maximum Gasteiger partial charge on any atom is 0.137 e. The normalized spacial score (nSPS) is 28.0. The quantitative estimate of drug-likeness (QED) is 0.855. The number of aromatic nitrogens is 2. The molecular weight excluding hydrogens is 262 g/mol. The van der Waals surface area contributed by atoms with Crippen molar-refractivity contribution in [2.45, 2.75) is 64.5 Å². The van der Waals surface area contributed by atoms with Gasteiger partial charge in [-0.25, -0.2) is 4.98 Å². The van der Waals surface area contributed by atoms with Gasteiger partial charge in [0.2, 0.25) is 0 Å². The van der Waals surface area contributed by atoms with Crippen LogP contribution < -0.4 is 0 Å². The minimum atomic E-state index is 0.308. The first-order valence-electron chi connectivity index (χ1n) is 8.50. The van der Waals surface area contributed by atoms with E-state index in [0.29, 0.717) is 17.7 Å². The first-order chi connectivity index (χ1) is 10.3. The summed E-state index contributed by atoms with van der Waals surface area (Å²) in [4.78, 5) is 19.2. The minimum Gasteiger partial charge on any atom is -0.334 e. The fourth-order valence-electron chi connectivity index (χ4n) is 4.04. The van der Waals surface area contributed by atoms with Crippen LogP contribution in [-0.4, -0.2) is 39.4 Å². The summed E-state index contributed by atoms with van der Waals surface area (Å²) in [7, 11) is 0. The summed E-state index contributed by atoms with van der Waals surface area (Å²) in [6.07, 6.45) is 12.0. The van der Waals surface area contributed by atoms with Gasteiger partial charge < -0.3 is 4.57 Å². The van der Waals surface area contributed by atoms with Crippen LogP contribution in [0.25, 0.3) is 0 Å². The second kappa shape index (κ2) is 6.73. The topological polar surface area (TPSA) is 38.1 Å². The molecule has 1 aromatic rings. The first-order valence-corrected chi connectivity index (χ1v) is 8.50. The van der Waals surface area contributed by atoms with E-state index in [4.69, 9.17) is 0 Å². The number of carbonyl (C=O) groups is 1. The van der Waals surface area contributed by atoms with Crippen molar-refractivity contribution >= 4 is 5.78 Å². The van der Waals surface area contributed by atoms with Gasteiger partial charge in [0.05, 0.1) is 0 Å². The molecule has 0 bridgehead atoms. The monoisotopic (exact) mass is 289 g/mol. The first kappa shape index (κ1) is 14.8. The summed E-state index contributed by atoms with van der Waals surface area (Å²) in [5.74, 6) is 1.91. The maximum atomic E-state index is 12.3. The number of ketones is 1. The average Bonchev–Trinajstić information content (AvgIpc) is 2.91. The third-order valence-electron chi connectivity index (χ3n) is 5.28. The molecule has 3 rings (SSSR count). The fourth-order valence-corrected chi connectivity index (χ4v) is 4.04. The van der Waals surface area contributed by atoms with Gasteiger partial charge in [0.1, 0.15) is 11.6 Å². The van der Waals surface area contributed by atoms with Gasteiger partial charge in [0.25, 0.3) is 0 Å². The lowest BCUT2D eigenvalue weighted by Gasteiger charge is -2.41. The Balaban J connectivity index is 1.63. The van der Waals surface area contributed by atoms with Crippen LogP contribution in [0.3, 0.4) is 0 Å². The highest BCUT2D eigenvalue weighted by atomic mass is 16.1. The van der Waals surface area contributed by atoms with Gasteiger partial charge in [-0.1, -0.05) is 12.8 Å². The number of nitrogens with zero attached hydrogens (tertiary/aromatic N) is 3. The lowest BCUT2D eigenvalue weighted by molar-refractivity contribution is -0.127. The Morgan fingerprint density at radius 3 is 2.81 bits per heavy atom. The summed E-state index contributed by atoms with van der Waals surface area (Å²) in [6, 6.07) is 0.496. The highest BCUT2D eigenvalue weighted by Crippen LogP contribution is 2.31. The summed E-state index contributed by atoms with van der Waals surface area (Å²) >= 11 is 0. The number of imidazole rings is 1. The standard InChI is InChI=1S/C17H27N3O/c1-14-18-9-11-19(14)12-13-20-10-5-4-7-16(20)15-6-2-3-8-17(15)21/h9,11,15-16H,2-8,10,12-13H2,1H3. The largest absolute Gasteiger partial charge is 0.334 e. The van der Waals surface area contributed by atoms with Crippen molar-refractivity contribution in [1.82, 2.24) is 14.5 Å². The molecular formula is C17H27N3O. The fraction of sp³-hybridized carbons (Fsp3) is 0.765. The third-order valence-corrected chi connectivity index (χ3v) is 5.28. The Kier molecular flexibility index (Phi) is 4.73. The molecule has 1 aliphatic carbocycles. The van der Waals surface area contributed by atoms with Crippen LogP contribution in [0.4, 0.5) is 0 Å². The molecule has 2 fully saturated rings. The highest BCUT2D eigenvalue weighted by molar-refractivity contribution is 5.82. The van der Waals surface area contributed by atoms with Crippen molar-refractivity contribution in [3.8, 4) is 0 Å². The van der Waals surface area contributed by atoms with Gasteiger partial charge in [0.15, 0.2) is 0 Å². The molecule has 4 heteroatoms. The molecule has 0 spiro atoms. The number of rotatable bonds is 4. The zero-order valence-corrected chi connectivity index (χ0v) is 13.1. The Labute approximate surface area is 127 Å². The van der Waals surface area contributed by atoms with Crippen LogP contribution >= 0.6 is 0 Å². The molecule has 0 amide bonds. The molecule has 116 valence electrons. The van der Waals surface area contributed by atoms with Gasteiger partial charge in [-0.3, -0.25) is 9.69 Å². The molecule has 1 saturated heterocycles. The van der Waals surface area contributed by atoms with Crippen LogP contribution in [0, 0.1) is 12.8 Å². The predicted octanol–water partition coefficient (Wildman–Crippen LogP) is 2.81. The number of likely N-dealkylation sites (tertiary alicyclic amines) is 1. The number of hydrogen-bond acceptors (Lipinski definition) is 3. The third kappa shape index (κ3) is 3.37. The van der Waals surface area contributed by atoms with E-state index >= 15 is 0 Å². The summed E-state index contributed by atoms with van der Waals surface area (Å²) in [5.41, 5.74) is 0. The molecule has 2 atom stereocenters. The van der Waals surface area contributed by atoms with Crippen molar-refractivity contribution in [2.24, 2.45) is 5.92 Å². The van der Waals surface area contributed by atoms with E-state index in [1.54, 1.807) is 0 Å². The summed E-state index contributed by atoms with van der Waals surface area (Å²) in [6.45, 7) is 5.25. The minimum absolute atomic E-state index is 0.308. The molecule has 4 nitrogen and oxygen atoms in total. The Morgan fingerprint density at radius 1 is 1.19 bits per heavy atom. The van der Waals surface area contributed by atoms with Crippen LogP contribution in [0.5, 0.6) is 0 Å². The zero-order chi connectivity index (χ0) is 14.7. The number of hydrogen-bond donors (Lipinski definition) is 0. The second-order valence-electron chi connectivity index (χ2n) is 6.59. The smallest absolute Gasteiger partial charge is 0.137 e. The van der Waals surface area contributed by atoms with Crippen molar-refractivity contribution in [3.63, 3.8) is 0 Å². The summed E-state index contributed by atoms with van der Waals surface area (Å²) < 4.78 is 2.22. The van der Waals surface area contributed by atoms with Crippen LogP contribution in [0.1, 0.15) is 50.8 Å². The molecule has 21 heavy (non-hydrogen) atoms. The molecule has 0 N–H and O–H groups in total. The lowest BCUT2D eigenvalue weighted by atomic mass is 9.79. The SMILES string of the molecule is Cc1nccn1CCN1CCCCC1C1CCCCC1=O. The van der Waals surface area contributed by atoms with E-state index in [1.165, 1.54) is 25.7 Å². The van der Waals surface area contributed by atoms with Crippen molar-refractivity contribution in [3.05, 3.63) is 18.2 Å². The van der Waals surface area contributed by atoms with E-state index in [2.05, 4.69) is 27.6 Å². The van der Waals surface area contributed by atoms with E-state index in [9.17, 15) is 4.79 Å². The number of aryl methyl sites for hydroxylation is 1. The maximum absolute atomic E-state index is 12.3.